The van der Waals surface area contributed by atoms with Crippen molar-refractivity contribution in [3.63, 3.8) is 0 Å². The molecule has 4 rings (SSSR count). The molecule has 1 amide bonds. The zero-order chi connectivity index (χ0) is 25.7. The van der Waals surface area contributed by atoms with Crippen molar-refractivity contribution >= 4 is 28.5 Å². The molecule has 0 saturated heterocycles. The number of fused-ring (bicyclic) bond motifs is 1. The van der Waals surface area contributed by atoms with E-state index in [1.165, 1.54) is 4.88 Å². The van der Waals surface area contributed by atoms with E-state index in [-0.39, 0.29) is 17.9 Å². The van der Waals surface area contributed by atoms with E-state index < -0.39 is 0 Å². The number of methoxy groups -OCH3 is 1. The second kappa shape index (κ2) is 11.0. The van der Waals surface area contributed by atoms with Gasteiger partial charge in [0.15, 0.2) is 11.5 Å². The maximum atomic E-state index is 13.4. The average Bonchev–Trinajstić information content (AvgIpc) is 3.51. The molecule has 0 unspecified atom stereocenters. The number of carbonyl (C=O) groups is 1. The van der Waals surface area contributed by atoms with Crippen molar-refractivity contribution in [3.8, 4) is 23.8 Å². The molecule has 1 aromatic carbocycles. The van der Waals surface area contributed by atoms with E-state index in [1.54, 1.807) is 30.9 Å². The van der Waals surface area contributed by atoms with Crippen molar-refractivity contribution in [2.45, 2.75) is 46.6 Å². The third-order valence-electron chi connectivity index (χ3n) is 6.53. The number of ether oxygens (including phenoxy) is 2. The van der Waals surface area contributed by atoms with Crippen LogP contribution in [0.15, 0.2) is 46.0 Å². The molecule has 1 N–H and O–H groups in total. The molecular weight excluding hydrogens is 472 g/mol. The molecule has 3 aromatic rings. The number of hydrogen-bond acceptors (Lipinski definition) is 6. The van der Waals surface area contributed by atoms with Crippen molar-refractivity contribution in [1.82, 2.24) is 5.32 Å². The molecule has 1 aliphatic carbocycles. The monoisotopic (exact) mass is 504 g/mol. The van der Waals surface area contributed by atoms with Crippen LogP contribution in [0.4, 0.5) is 5.00 Å². The Balaban J connectivity index is 1.64. The number of hydrogen-bond donors (Lipinski definition) is 1. The lowest BCUT2D eigenvalue weighted by atomic mass is 9.72. The van der Waals surface area contributed by atoms with Gasteiger partial charge in [0.1, 0.15) is 17.4 Å². The first-order valence-electron chi connectivity index (χ1n) is 12.0. The van der Waals surface area contributed by atoms with Crippen LogP contribution in [0.25, 0.3) is 0 Å². The van der Waals surface area contributed by atoms with Crippen LogP contribution in [0.1, 0.15) is 59.3 Å². The minimum Gasteiger partial charge on any atom is -0.493 e. The predicted molar refractivity (Wildman–Crippen MR) is 144 cm³/mol. The molecule has 0 saturated carbocycles. The molecular formula is C29H32N2O4S. The van der Waals surface area contributed by atoms with Crippen LogP contribution in [0, 0.1) is 23.7 Å². The number of thiophene rings is 1. The standard InChI is InChI=1S/C29H32N2O4S/c1-6-13-35-23-12-9-19(15-24(23)33-5)17-31-28-26(27(32)30-18-21-8-7-14-34-21)22-11-10-20(29(2,3)4)16-25(22)36-28/h1,7-9,12,14-15,17,20H,10-11,13,16,18H2,2-5H3,(H,30,32)/t20-/m1/s1. The highest BCUT2D eigenvalue weighted by Gasteiger charge is 2.33. The second-order valence-corrected chi connectivity index (χ2v) is 11.0. The highest BCUT2D eigenvalue weighted by atomic mass is 32.1. The highest BCUT2D eigenvalue weighted by Crippen LogP contribution is 2.45. The zero-order valence-electron chi connectivity index (χ0n) is 21.2. The molecule has 2 aromatic heterocycles. The summed E-state index contributed by atoms with van der Waals surface area (Å²) in [5, 5.41) is 3.73. The zero-order valence-corrected chi connectivity index (χ0v) is 22.0. The molecule has 0 radical (unpaired) electrons. The van der Waals surface area contributed by atoms with Gasteiger partial charge in [0, 0.05) is 11.1 Å². The molecule has 0 aliphatic heterocycles. The number of carbonyl (C=O) groups excluding carboxylic acids is 1. The third kappa shape index (κ3) is 5.83. The average molecular weight is 505 g/mol. The lowest BCUT2D eigenvalue weighted by Crippen LogP contribution is -2.28. The van der Waals surface area contributed by atoms with Crippen LogP contribution in [0.2, 0.25) is 0 Å². The number of amides is 1. The van der Waals surface area contributed by atoms with Gasteiger partial charge >= 0.3 is 0 Å². The maximum Gasteiger partial charge on any atom is 0.255 e. The SMILES string of the molecule is C#CCOc1ccc(C=Nc2sc3c(c2C(=O)NCc2ccco2)CC[C@@H](C(C)(C)C)C3)cc1OC. The van der Waals surface area contributed by atoms with Crippen molar-refractivity contribution in [1.29, 1.82) is 0 Å². The third-order valence-corrected chi connectivity index (χ3v) is 7.69. The Morgan fingerprint density at radius 2 is 2.17 bits per heavy atom. The lowest BCUT2D eigenvalue weighted by Gasteiger charge is -2.33. The summed E-state index contributed by atoms with van der Waals surface area (Å²) in [5.41, 5.74) is 2.85. The van der Waals surface area contributed by atoms with Crippen LogP contribution in [0.5, 0.6) is 11.5 Å². The molecule has 0 bridgehead atoms. The fourth-order valence-corrected chi connectivity index (χ4v) is 5.71. The van der Waals surface area contributed by atoms with E-state index in [0.29, 0.717) is 35.3 Å². The van der Waals surface area contributed by atoms with Crippen LogP contribution in [0.3, 0.4) is 0 Å². The molecule has 2 heterocycles. The van der Waals surface area contributed by atoms with E-state index in [9.17, 15) is 4.79 Å². The van der Waals surface area contributed by atoms with Gasteiger partial charge in [0.05, 0.1) is 25.5 Å². The van der Waals surface area contributed by atoms with Gasteiger partial charge < -0.3 is 19.2 Å². The number of rotatable bonds is 8. The Morgan fingerprint density at radius 3 is 2.86 bits per heavy atom. The number of terminal acetylenes is 1. The molecule has 6 nitrogen and oxygen atoms in total. The van der Waals surface area contributed by atoms with Crippen molar-refractivity contribution < 1.29 is 18.7 Å². The summed E-state index contributed by atoms with van der Waals surface area (Å²) in [4.78, 5) is 19.4. The minimum absolute atomic E-state index is 0.124. The molecule has 7 heteroatoms. The summed E-state index contributed by atoms with van der Waals surface area (Å²) in [6.07, 6.45) is 11.6. The van der Waals surface area contributed by atoms with Crippen molar-refractivity contribution in [2.24, 2.45) is 16.3 Å². The molecule has 0 fully saturated rings. The van der Waals surface area contributed by atoms with Crippen molar-refractivity contribution in [2.75, 3.05) is 13.7 Å². The van der Waals surface area contributed by atoms with Crippen LogP contribution in [-0.4, -0.2) is 25.8 Å². The van der Waals surface area contributed by atoms with Gasteiger partial charge in [-0.25, -0.2) is 4.99 Å². The Kier molecular flexibility index (Phi) is 7.85. The lowest BCUT2D eigenvalue weighted by molar-refractivity contribution is 0.0947. The Labute approximate surface area is 216 Å². The van der Waals surface area contributed by atoms with Crippen LogP contribution < -0.4 is 14.8 Å². The summed E-state index contributed by atoms with van der Waals surface area (Å²) < 4.78 is 16.4. The molecule has 188 valence electrons. The second-order valence-electron chi connectivity index (χ2n) is 9.91. The summed E-state index contributed by atoms with van der Waals surface area (Å²) in [7, 11) is 1.58. The van der Waals surface area contributed by atoms with E-state index in [4.69, 9.17) is 25.3 Å². The number of furan rings is 1. The largest absolute Gasteiger partial charge is 0.493 e. The van der Waals surface area contributed by atoms with Gasteiger partial charge in [0.25, 0.3) is 5.91 Å². The Hall–Kier alpha value is -3.50. The number of aliphatic imine (C=N–C) groups is 1. The smallest absolute Gasteiger partial charge is 0.255 e. The molecule has 36 heavy (non-hydrogen) atoms. The van der Waals surface area contributed by atoms with E-state index in [2.05, 4.69) is 32.0 Å². The van der Waals surface area contributed by atoms with Crippen molar-refractivity contribution in [3.05, 3.63) is 63.9 Å². The van der Waals surface area contributed by atoms with Gasteiger partial charge in [-0.2, -0.15) is 0 Å². The molecule has 0 spiro atoms. The Morgan fingerprint density at radius 1 is 1.33 bits per heavy atom. The van der Waals surface area contributed by atoms with Gasteiger partial charge in [-0.3, -0.25) is 4.79 Å². The quantitative estimate of drug-likeness (QED) is 0.293. The maximum absolute atomic E-state index is 13.4. The summed E-state index contributed by atoms with van der Waals surface area (Å²) >= 11 is 1.62. The van der Waals surface area contributed by atoms with E-state index >= 15 is 0 Å². The Bertz CT molecular complexity index is 1280. The van der Waals surface area contributed by atoms with E-state index in [1.807, 2.05) is 30.3 Å². The van der Waals surface area contributed by atoms with Gasteiger partial charge in [-0.05, 0) is 72.1 Å². The number of nitrogens with one attached hydrogen (secondary N) is 1. The van der Waals surface area contributed by atoms with Crippen LogP contribution in [-0.2, 0) is 19.4 Å². The fraction of sp³-hybridized carbons (Fsp3) is 0.379. The fourth-order valence-electron chi connectivity index (χ4n) is 4.44. The van der Waals surface area contributed by atoms with E-state index in [0.717, 1.165) is 35.4 Å². The van der Waals surface area contributed by atoms with Gasteiger partial charge in [0.2, 0.25) is 0 Å². The number of nitrogens with zero attached hydrogens (tertiary/aromatic N) is 1. The molecule has 1 aliphatic rings. The van der Waals surface area contributed by atoms with Crippen LogP contribution >= 0.6 is 11.3 Å². The highest BCUT2D eigenvalue weighted by molar-refractivity contribution is 7.16. The first kappa shape index (κ1) is 25.6. The first-order chi connectivity index (χ1) is 17.3. The predicted octanol–water partition coefficient (Wildman–Crippen LogP) is 6.19. The normalized spacial score (nSPS) is 15.4. The van der Waals surface area contributed by atoms with Gasteiger partial charge in [-0.15, -0.1) is 17.8 Å². The summed E-state index contributed by atoms with van der Waals surface area (Å²) in [6, 6.07) is 9.20. The summed E-state index contributed by atoms with van der Waals surface area (Å²) in [6.45, 7) is 7.36. The first-order valence-corrected chi connectivity index (χ1v) is 12.8. The van der Waals surface area contributed by atoms with Gasteiger partial charge in [-0.1, -0.05) is 26.7 Å². The topological polar surface area (TPSA) is 73.1 Å². The minimum atomic E-state index is -0.124. The number of benzene rings is 1. The molecule has 1 atom stereocenters. The summed E-state index contributed by atoms with van der Waals surface area (Å²) in [5.74, 6) is 4.76.